The Bertz CT molecular complexity index is 4190. The standard InChI is InChI=1S/C75H113N13O36S2/c1-75(2,3)73(123)124-20-21-125-126-33-44(72(121)122)86-69(117)37(8-17-55(103)80-29-49(97)61(110)64(113)52(100)32-91)24-46(94)42(14-19-57(106)107)84-68(116)36(7-16-54(102)79-28-48(96)60(109)63(112)51(99)31-90)23-45(93)41(13-18-56(104)105)83-67(115)35(6-15-53(101)78-27-47(95)59(108)62(111)50(98)30-89)22-40(92)11-12-43(71(119)120)85-66(114)34-4-9-38(10-5-34)77-25-39-26-81-65-58(82-39)70(118)88-74(76)87-65/h4-5,9-10,26,35-37,41-44,47-52,59-64,77,89-91,95-100,108-113H,6-8,11-25,27-33H2,1-3H3,(H,78,101)(H,79,102)(H,80,103)(H,83,115)(H,84,116)(H,85,114)(H,86,117)(H,104,105)(H,106,107)(H,119,120)(H,121,122)(H3,76,81,87,88,118)/t35-,36-,37-,41-,42-,43-,44-,47+,48+,49+,50-,51-,52-,59-,60-,61-,62-,63-,64-/m1/s1. The molecule has 51 heteroatoms. The number of anilines is 2. The number of H-pyrrole nitrogens is 1. The summed E-state index contributed by atoms with van der Waals surface area (Å²) < 4.78 is 5.21. The summed E-state index contributed by atoms with van der Waals surface area (Å²) in [6.45, 7) is -1.21. The lowest BCUT2D eigenvalue weighted by Crippen LogP contribution is -2.50. The van der Waals surface area contributed by atoms with Crippen LogP contribution in [0.15, 0.2) is 35.3 Å². The van der Waals surface area contributed by atoms with E-state index in [2.05, 4.69) is 62.5 Å². The second-order valence-corrected chi connectivity index (χ2v) is 32.9. The molecule has 0 saturated heterocycles. The SMILES string of the molecule is CC(C)(C)C(=O)OCCSSC[C@@H](NC(=O)[C@H](CCC(=O)NC[C@H](O)[C@@H](O)[C@H](O)[C@H](O)CO)CC(=O)[C@@H](CCC(=O)O)NC(=O)[C@H](CCC(=O)NC[C@H](O)[C@@H](O)[C@H](O)[C@H](O)CO)CC(=O)[C@@H](CCC(=O)O)NC(=O)[C@H](CCC(=O)NC[C@H](O)[C@@H](O)[C@H](O)[C@H](O)CO)CC(=O)CC[C@@H](NC(=O)c1ccc(NCc2cnc3nc(N)[nH]c(=O)c3n2)cc1)C(=O)O)C(=O)O. The molecule has 30 N–H and O–H groups in total. The van der Waals surface area contributed by atoms with Gasteiger partial charge in [-0.05, 0) is 83.6 Å². The molecule has 0 radical (unpaired) electrons. The number of hydrogen-bond donors (Lipinski definition) is 29. The number of aliphatic carboxylic acids is 4. The first-order chi connectivity index (χ1) is 59.1. The summed E-state index contributed by atoms with van der Waals surface area (Å²) in [6, 6.07) is -2.28. The van der Waals surface area contributed by atoms with Gasteiger partial charge in [0.15, 0.2) is 22.7 Å². The molecule has 0 unspecified atom stereocenters. The fraction of sp³-hybridized carbons (Fsp3) is 0.640. The zero-order valence-electron chi connectivity index (χ0n) is 68.7. The molecule has 7 amide bonds. The van der Waals surface area contributed by atoms with Crippen molar-refractivity contribution >= 4 is 133 Å². The molecule has 0 spiro atoms. The van der Waals surface area contributed by atoms with Crippen LogP contribution in [0.1, 0.15) is 133 Å². The van der Waals surface area contributed by atoms with Crippen LogP contribution < -0.4 is 53.8 Å². The van der Waals surface area contributed by atoms with Gasteiger partial charge in [-0.2, -0.15) is 4.98 Å². The van der Waals surface area contributed by atoms with Crippen molar-refractivity contribution in [3.8, 4) is 0 Å². The van der Waals surface area contributed by atoms with E-state index in [4.69, 9.17) is 10.5 Å². The van der Waals surface area contributed by atoms with Crippen molar-refractivity contribution < 1.29 is 174 Å². The monoisotopic (exact) mass is 1840 g/mol. The predicted molar refractivity (Wildman–Crippen MR) is 436 cm³/mol. The zero-order chi connectivity index (χ0) is 95.0. The number of Topliss-reactive ketones (excluding diaryl/α,β-unsaturated/α-hetero) is 3. The lowest BCUT2D eigenvalue weighted by molar-refractivity contribution is -0.152. The van der Waals surface area contributed by atoms with Gasteiger partial charge >= 0.3 is 29.8 Å². The smallest absolute Gasteiger partial charge is 0.327 e. The lowest BCUT2D eigenvalue weighted by Gasteiger charge is -2.26. The number of carbonyl (C=O) groups is 15. The van der Waals surface area contributed by atoms with E-state index < -0.39 is 356 Å². The number of carbonyl (C=O) groups excluding carboxylic acids is 11. The summed E-state index contributed by atoms with van der Waals surface area (Å²) in [5.74, 6) is -24.8. The molecule has 3 aromatic rings. The summed E-state index contributed by atoms with van der Waals surface area (Å²) in [5.41, 5.74) is 4.55. The average Bonchev–Trinajstić information content (AvgIpc) is 0.810. The van der Waals surface area contributed by atoms with Gasteiger partial charge in [0.2, 0.25) is 41.4 Å². The molecule has 0 saturated carbocycles. The molecule has 3 rings (SSSR count). The minimum Gasteiger partial charge on any atom is -0.481 e. The van der Waals surface area contributed by atoms with Gasteiger partial charge in [0.1, 0.15) is 79.4 Å². The normalized spacial score (nSPS) is 16.1. The second-order valence-electron chi connectivity index (χ2n) is 30.3. The Morgan fingerprint density at radius 3 is 1.28 bits per heavy atom. The number of nitrogens with two attached hydrogens (primary N) is 1. The fourth-order valence-corrected chi connectivity index (χ4v) is 13.6. The van der Waals surface area contributed by atoms with Crippen molar-refractivity contribution in [2.24, 2.45) is 23.2 Å². The van der Waals surface area contributed by atoms with Gasteiger partial charge in [0, 0.05) is 118 Å². The van der Waals surface area contributed by atoms with E-state index in [1.807, 2.05) is 0 Å². The quantitative estimate of drug-likeness (QED) is 0.0142. The molecule has 0 aliphatic heterocycles. The summed E-state index contributed by atoms with van der Waals surface area (Å²) in [6.07, 6.45) is -37.0. The maximum Gasteiger partial charge on any atom is 0.327 e. The summed E-state index contributed by atoms with van der Waals surface area (Å²) in [4.78, 5) is 230. The molecule has 49 nitrogen and oxygen atoms in total. The molecule has 0 bridgehead atoms. The summed E-state index contributed by atoms with van der Waals surface area (Å²) in [5, 5.41) is 209. The van der Waals surface area contributed by atoms with Crippen LogP contribution in [0.4, 0.5) is 11.6 Å². The van der Waals surface area contributed by atoms with Crippen LogP contribution in [0.3, 0.4) is 0 Å². The number of ketones is 3. The first kappa shape index (κ1) is 110. The number of ether oxygens (including phenoxy) is 1. The molecule has 0 aliphatic carbocycles. The van der Waals surface area contributed by atoms with E-state index in [1.165, 1.54) is 30.5 Å². The third-order valence-electron chi connectivity index (χ3n) is 19.2. The highest BCUT2D eigenvalue weighted by Crippen LogP contribution is 2.26. The third kappa shape index (κ3) is 39.4. The number of nitrogens with zero attached hydrogens (tertiary/aromatic N) is 3. The van der Waals surface area contributed by atoms with Gasteiger partial charge in [0.05, 0.1) is 74.1 Å². The maximum absolute atomic E-state index is 14.9. The number of nitrogens with one attached hydrogen (secondary N) is 9. The second kappa shape index (κ2) is 55.4. The van der Waals surface area contributed by atoms with Gasteiger partial charge in [-0.1, -0.05) is 21.6 Å². The van der Waals surface area contributed by atoms with E-state index in [0.717, 1.165) is 21.6 Å². The number of rotatable bonds is 63. The molecule has 2 heterocycles. The number of fused-ring (bicyclic) bond motifs is 1. The molecule has 2 aromatic heterocycles. The molecule has 1 aromatic carbocycles. The van der Waals surface area contributed by atoms with Gasteiger partial charge < -0.3 is 150 Å². The molecule has 0 aliphatic rings. The highest BCUT2D eigenvalue weighted by atomic mass is 33.1. The third-order valence-corrected chi connectivity index (χ3v) is 21.6. The number of benzene rings is 1. The van der Waals surface area contributed by atoms with Crippen molar-refractivity contribution in [1.29, 1.82) is 0 Å². The van der Waals surface area contributed by atoms with Crippen molar-refractivity contribution in [2.75, 3.05) is 68.6 Å². The first-order valence-corrected chi connectivity index (χ1v) is 41.9. The summed E-state index contributed by atoms with van der Waals surface area (Å²) in [7, 11) is 1.91. The van der Waals surface area contributed by atoms with Gasteiger partial charge in [-0.25, -0.2) is 19.6 Å². The molecule has 706 valence electrons. The fourth-order valence-electron chi connectivity index (χ4n) is 11.6. The van der Waals surface area contributed by atoms with Crippen LogP contribution in [-0.2, 0) is 78.4 Å². The van der Waals surface area contributed by atoms with Crippen molar-refractivity contribution in [3.05, 3.63) is 52.1 Å². The maximum atomic E-state index is 14.9. The number of amides is 7. The number of hydrogen-bond acceptors (Lipinski definition) is 39. The van der Waals surface area contributed by atoms with Crippen molar-refractivity contribution in [3.63, 3.8) is 0 Å². The molecular formula is C75H113N13O36S2. The minimum atomic E-state index is -2.23. The largest absolute Gasteiger partial charge is 0.481 e. The number of aromatic amines is 1. The Labute approximate surface area is 725 Å². The van der Waals surface area contributed by atoms with Gasteiger partial charge in [-0.15, -0.1) is 0 Å². The van der Waals surface area contributed by atoms with Crippen LogP contribution in [0.2, 0.25) is 0 Å². The Morgan fingerprint density at radius 2 is 0.881 bits per heavy atom. The number of esters is 1. The number of aliphatic hydroxyl groups excluding tert-OH is 15. The van der Waals surface area contributed by atoms with Gasteiger partial charge in [0.25, 0.3) is 11.5 Å². The highest BCUT2D eigenvalue weighted by Gasteiger charge is 2.39. The first-order valence-electron chi connectivity index (χ1n) is 39.4. The van der Waals surface area contributed by atoms with Crippen LogP contribution in [0.5, 0.6) is 0 Å². The van der Waals surface area contributed by atoms with E-state index in [1.54, 1.807) is 20.8 Å². The Kier molecular flexibility index (Phi) is 48.4. The molecule has 19 atom stereocenters. The number of carboxylic acid groups (broad SMARTS) is 4. The van der Waals surface area contributed by atoms with Crippen molar-refractivity contribution in [2.45, 2.75) is 221 Å². The number of aromatic nitrogens is 4. The average molecular weight is 1840 g/mol. The van der Waals surface area contributed by atoms with Crippen LogP contribution in [0, 0.1) is 23.2 Å². The van der Waals surface area contributed by atoms with E-state index in [9.17, 15) is 174 Å². The minimum absolute atomic E-state index is 0.00656. The lowest BCUT2D eigenvalue weighted by atomic mass is 9.89. The summed E-state index contributed by atoms with van der Waals surface area (Å²) >= 11 is 0. The molecule has 0 fully saturated rings. The van der Waals surface area contributed by atoms with E-state index in [0.29, 0.717) is 5.69 Å². The number of aliphatic hydroxyl groups is 15. The number of nitrogen functional groups attached to an aromatic ring is 1. The van der Waals surface area contributed by atoms with Crippen LogP contribution in [-0.4, -0.2) is 360 Å². The topological polar surface area (TPSA) is 843 Å². The number of carboxylic acids is 4. The Morgan fingerprint density at radius 1 is 0.484 bits per heavy atom. The highest BCUT2D eigenvalue weighted by molar-refractivity contribution is 8.76. The van der Waals surface area contributed by atoms with Crippen LogP contribution in [0.25, 0.3) is 11.2 Å². The van der Waals surface area contributed by atoms with Crippen molar-refractivity contribution in [1.82, 2.24) is 57.2 Å². The predicted octanol–water partition coefficient (Wildman–Crippen LogP) is -9.17. The van der Waals surface area contributed by atoms with E-state index in [-0.39, 0.29) is 47.3 Å². The Balaban J connectivity index is 2.10. The van der Waals surface area contributed by atoms with Gasteiger partial charge in [-0.3, -0.25) is 72.1 Å². The molecular weight excluding hydrogens is 1720 g/mol. The van der Waals surface area contributed by atoms with E-state index >= 15 is 0 Å². The Hall–Kier alpha value is -10.2. The molecule has 126 heavy (non-hydrogen) atoms. The zero-order valence-corrected chi connectivity index (χ0v) is 70.3. The van der Waals surface area contributed by atoms with Crippen LogP contribution >= 0.6 is 21.6 Å².